The number of aromatic hydroxyl groups is 1. The lowest BCUT2D eigenvalue weighted by molar-refractivity contribution is 0.462. The Bertz CT molecular complexity index is 1420. The number of para-hydroxylation sites is 1. The number of benzene rings is 2. The van der Waals surface area contributed by atoms with Crippen molar-refractivity contribution in [2.24, 2.45) is 0 Å². The van der Waals surface area contributed by atoms with Crippen LogP contribution >= 0.6 is 0 Å². The zero-order chi connectivity index (χ0) is 23.0. The van der Waals surface area contributed by atoms with Crippen molar-refractivity contribution >= 4 is 43.8 Å². The van der Waals surface area contributed by atoms with Crippen molar-refractivity contribution < 1.29 is 17.9 Å². The van der Waals surface area contributed by atoms with Crippen molar-refractivity contribution in [1.82, 2.24) is 15.0 Å². The number of nitrogens with one attached hydrogen (secondary N) is 3. The molecule has 0 aliphatic rings. The molecule has 10 heteroatoms. The monoisotopic (exact) mass is 455 g/mol. The molecule has 2 aromatic carbocycles. The first-order chi connectivity index (χ1) is 15.2. The second-order valence-corrected chi connectivity index (χ2v) is 10.1. The fourth-order valence-corrected chi connectivity index (χ4v) is 4.38. The van der Waals surface area contributed by atoms with E-state index < -0.39 is 20.9 Å². The molecular weight excluding hydrogens is 433 g/mol. The van der Waals surface area contributed by atoms with Crippen LogP contribution in [0.25, 0.3) is 10.8 Å². The third-order valence-electron chi connectivity index (χ3n) is 5.04. The molecule has 0 aliphatic carbocycles. The minimum atomic E-state index is -3.52. The van der Waals surface area contributed by atoms with Gasteiger partial charge in [-0.2, -0.15) is 4.98 Å². The van der Waals surface area contributed by atoms with Gasteiger partial charge in [-0.3, -0.25) is 0 Å². The summed E-state index contributed by atoms with van der Waals surface area (Å²) in [4.78, 5) is 11.4. The number of aromatic amines is 1. The Labute approximate surface area is 184 Å². The molecule has 4 aromatic rings. The molecule has 2 heterocycles. The van der Waals surface area contributed by atoms with Gasteiger partial charge < -0.3 is 20.7 Å². The maximum atomic E-state index is 14.5. The fourth-order valence-electron chi connectivity index (χ4n) is 3.18. The quantitative estimate of drug-likeness (QED) is 0.330. The molecule has 0 saturated carbocycles. The molecule has 0 bridgehead atoms. The van der Waals surface area contributed by atoms with Crippen molar-refractivity contribution in [3.05, 3.63) is 60.2 Å². The first-order valence-corrected chi connectivity index (χ1v) is 11.4. The molecule has 8 nitrogen and oxygen atoms in total. The van der Waals surface area contributed by atoms with Gasteiger partial charge in [0.15, 0.2) is 15.7 Å². The number of anilines is 4. The Balaban J connectivity index is 1.68. The number of aromatic nitrogens is 3. The van der Waals surface area contributed by atoms with E-state index >= 15 is 0 Å². The second-order valence-electron chi connectivity index (χ2n) is 7.62. The molecule has 32 heavy (non-hydrogen) atoms. The molecule has 4 N–H and O–H groups in total. The molecule has 0 fully saturated rings. The highest BCUT2D eigenvalue weighted by Crippen LogP contribution is 2.31. The third-order valence-corrected chi connectivity index (χ3v) is 7.25. The lowest BCUT2D eigenvalue weighted by Gasteiger charge is -2.16. The van der Waals surface area contributed by atoms with Gasteiger partial charge in [0.2, 0.25) is 5.95 Å². The van der Waals surface area contributed by atoms with Crippen molar-refractivity contribution in [1.29, 1.82) is 0 Å². The van der Waals surface area contributed by atoms with Gasteiger partial charge in [-0.1, -0.05) is 12.1 Å². The highest BCUT2D eigenvalue weighted by atomic mass is 32.2. The second kappa shape index (κ2) is 8.12. The van der Waals surface area contributed by atoms with E-state index in [4.69, 9.17) is 0 Å². The zero-order valence-corrected chi connectivity index (χ0v) is 18.5. The Kier molecular flexibility index (Phi) is 5.47. The molecule has 166 valence electrons. The summed E-state index contributed by atoms with van der Waals surface area (Å²) in [7, 11) is -3.52. The van der Waals surface area contributed by atoms with Crippen LogP contribution in [0.1, 0.15) is 19.4 Å². The molecule has 0 amide bonds. The lowest BCUT2D eigenvalue weighted by atomic mass is 10.2. The first-order valence-electron chi connectivity index (χ1n) is 9.87. The van der Waals surface area contributed by atoms with Crippen molar-refractivity contribution in [2.45, 2.75) is 30.9 Å². The van der Waals surface area contributed by atoms with Gasteiger partial charge >= 0.3 is 0 Å². The summed E-state index contributed by atoms with van der Waals surface area (Å²) in [5.41, 5.74) is 1.15. The molecule has 2 aromatic heterocycles. The van der Waals surface area contributed by atoms with E-state index in [1.165, 1.54) is 18.3 Å². The molecule has 0 saturated heterocycles. The van der Waals surface area contributed by atoms with E-state index in [9.17, 15) is 17.9 Å². The number of aryl methyl sites for hydroxylation is 1. The number of rotatable bonds is 6. The van der Waals surface area contributed by atoms with E-state index in [1.54, 1.807) is 51.2 Å². The Morgan fingerprint density at radius 2 is 1.88 bits per heavy atom. The number of nitrogens with zero attached hydrogens (tertiary/aromatic N) is 2. The number of sulfone groups is 1. The van der Waals surface area contributed by atoms with E-state index in [1.807, 2.05) is 0 Å². The van der Waals surface area contributed by atoms with E-state index in [2.05, 4.69) is 25.6 Å². The Morgan fingerprint density at radius 3 is 2.62 bits per heavy atom. The predicted octanol–water partition coefficient (Wildman–Crippen LogP) is 4.78. The van der Waals surface area contributed by atoms with Crippen LogP contribution in [0.4, 0.5) is 27.5 Å². The van der Waals surface area contributed by atoms with Gasteiger partial charge in [-0.05, 0) is 45.0 Å². The van der Waals surface area contributed by atoms with Gasteiger partial charge in [0.25, 0.3) is 0 Å². The largest absolute Gasteiger partial charge is 0.494 e. The molecule has 0 spiro atoms. The van der Waals surface area contributed by atoms with Gasteiger partial charge in [0.1, 0.15) is 11.6 Å². The fraction of sp³-hybridized carbons (Fsp3) is 0.182. The Hall–Kier alpha value is -3.66. The van der Waals surface area contributed by atoms with Gasteiger partial charge in [0, 0.05) is 28.7 Å². The molecule has 4 rings (SSSR count). The van der Waals surface area contributed by atoms with Crippen LogP contribution in [0.5, 0.6) is 5.88 Å². The van der Waals surface area contributed by atoms with Crippen molar-refractivity contribution in [2.75, 3.05) is 10.6 Å². The summed E-state index contributed by atoms with van der Waals surface area (Å²) in [5.74, 6) is -0.128. The first kappa shape index (κ1) is 21.6. The number of halogens is 1. The van der Waals surface area contributed by atoms with Crippen LogP contribution in [0.3, 0.4) is 0 Å². The smallest absolute Gasteiger partial charge is 0.229 e. The van der Waals surface area contributed by atoms with Gasteiger partial charge in [0.05, 0.1) is 21.5 Å². The lowest BCUT2D eigenvalue weighted by Crippen LogP contribution is -2.16. The average molecular weight is 456 g/mol. The SMILES string of the molecule is Cc1cnc(Nc2cc3c(O)[nH]cc3cc2F)nc1Nc1ccccc1S(=O)(=O)C(C)C. The third kappa shape index (κ3) is 3.96. The van der Waals surface area contributed by atoms with Crippen LogP contribution in [-0.2, 0) is 9.84 Å². The highest BCUT2D eigenvalue weighted by molar-refractivity contribution is 7.92. The zero-order valence-electron chi connectivity index (χ0n) is 17.6. The maximum absolute atomic E-state index is 14.5. The van der Waals surface area contributed by atoms with Crippen LogP contribution in [0.15, 0.2) is 53.7 Å². The molecule has 0 unspecified atom stereocenters. The minimum absolute atomic E-state index is 0.0711. The number of hydrogen-bond donors (Lipinski definition) is 4. The van der Waals surface area contributed by atoms with E-state index in [0.717, 1.165) is 0 Å². The van der Waals surface area contributed by atoms with Crippen LogP contribution in [-0.4, -0.2) is 33.7 Å². The number of fused-ring (bicyclic) bond motifs is 1. The average Bonchev–Trinajstić information content (AvgIpc) is 3.10. The standard InChI is InChI=1S/C22H22FN5O3S/c1-12(2)32(30,31)19-7-5-4-6-17(19)26-20-13(3)10-25-22(28-20)27-18-9-15-14(8-16(18)23)11-24-21(15)29/h4-12,24,29H,1-3H3,(H2,25,26,27,28). The maximum Gasteiger partial charge on any atom is 0.229 e. The highest BCUT2D eigenvalue weighted by Gasteiger charge is 2.23. The van der Waals surface area contributed by atoms with Gasteiger partial charge in [-0.25, -0.2) is 17.8 Å². The summed E-state index contributed by atoms with van der Waals surface area (Å²) < 4.78 is 40.0. The van der Waals surface area contributed by atoms with Crippen LogP contribution in [0, 0.1) is 12.7 Å². The summed E-state index contributed by atoms with van der Waals surface area (Å²) in [5, 5.41) is 16.2. The molecule has 0 atom stereocenters. The van der Waals surface area contributed by atoms with Crippen molar-refractivity contribution in [3.8, 4) is 5.88 Å². The summed E-state index contributed by atoms with van der Waals surface area (Å²) >= 11 is 0. The topological polar surface area (TPSA) is 120 Å². The van der Waals surface area contributed by atoms with E-state index in [0.29, 0.717) is 27.8 Å². The number of hydrogen-bond acceptors (Lipinski definition) is 7. The normalized spacial score (nSPS) is 11.8. The number of H-pyrrole nitrogens is 1. The van der Waals surface area contributed by atoms with Crippen LogP contribution in [0.2, 0.25) is 0 Å². The summed E-state index contributed by atoms with van der Waals surface area (Å²) in [6.07, 6.45) is 3.05. The Morgan fingerprint density at radius 1 is 1.12 bits per heavy atom. The summed E-state index contributed by atoms with van der Waals surface area (Å²) in [6.45, 7) is 5.02. The minimum Gasteiger partial charge on any atom is -0.494 e. The van der Waals surface area contributed by atoms with Crippen LogP contribution < -0.4 is 10.6 Å². The van der Waals surface area contributed by atoms with Gasteiger partial charge in [-0.15, -0.1) is 0 Å². The molecule has 0 radical (unpaired) electrons. The van der Waals surface area contributed by atoms with E-state index in [-0.39, 0.29) is 22.4 Å². The summed E-state index contributed by atoms with van der Waals surface area (Å²) in [6, 6.07) is 9.33. The predicted molar refractivity (Wildman–Crippen MR) is 122 cm³/mol. The molecule has 0 aliphatic heterocycles. The molecular formula is C22H22FN5O3S. The van der Waals surface area contributed by atoms with Crippen molar-refractivity contribution in [3.63, 3.8) is 0 Å².